The zero-order chi connectivity index (χ0) is 28.6. The number of halogens is 1. The van der Waals surface area contributed by atoms with Crippen LogP contribution in [-0.2, 0) is 0 Å². The number of pyridine rings is 2. The summed E-state index contributed by atoms with van der Waals surface area (Å²) in [6, 6.07) is 36.1. The van der Waals surface area contributed by atoms with Crippen LogP contribution in [0.3, 0.4) is 0 Å². The van der Waals surface area contributed by atoms with Crippen LogP contribution in [0.4, 0.5) is 0 Å². The summed E-state index contributed by atoms with van der Waals surface area (Å²) in [6.07, 6.45) is 0. The van der Waals surface area contributed by atoms with Crippen molar-refractivity contribution in [3.63, 3.8) is 0 Å². The fourth-order valence-corrected chi connectivity index (χ4v) is 4.42. The Morgan fingerprint density at radius 1 is 0.550 bits per heavy atom. The normalized spacial score (nSPS) is 10.4. The maximum atomic E-state index is 8.70. The number of fused-ring (bicyclic) bond motifs is 2. The highest BCUT2D eigenvalue weighted by Crippen LogP contribution is 2.22. The van der Waals surface area contributed by atoms with E-state index in [9.17, 15) is 0 Å². The number of aryl methyl sites for hydroxylation is 4. The van der Waals surface area contributed by atoms with E-state index in [0.717, 1.165) is 27.7 Å². The number of nitrogens with zero attached hydrogens (tertiary/aromatic N) is 2. The number of benzene rings is 4. The Balaban J connectivity index is 0.000000147. The largest absolute Gasteiger partial charge is 0.488 e. The van der Waals surface area contributed by atoms with Crippen molar-refractivity contribution in [2.45, 2.75) is 27.7 Å². The van der Waals surface area contributed by atoms with E-state index in [1.54, 1.807) is 18.2 Å². The molecular formula is C34H32BClN2O2. The number of rotatable bonds is 2. The average molecular weight is 547 g/mol. The van der Waals surface area contributed by atoms with Gasteiger partial charge in [0.05, 0.1) is 16.7 Å². The molecule has 0 spiro atoms. The highest BCUT2D eigenvalue weighted by atomic mass is 35.5. The van der Waals surface area contributed by atoms with Crippen LogP contribution in [0.1, 0.15) is 22.3 Å². The zero-order valence-electron chi connectivity index (χ0n) is 23.1. The predicted octanol–water partition coefficient (Wildman–Crippen LogP) is 7.39. The molecule has 0 fully saturated rings. The molecule has 6 aromatic rings. The Morgan fingerprint density at radius 3 is 1.68 bits per heavy atom. The minimum atomic E-state index is -1.35. The lowest BCUT2D eigenvalue weighted by Crippen LogP contribution is -2.29. The van der Waals surface area contributed by atoms with E-state index in [4.69, 9.17) is 26.6 Å². The van der Waals surface area contributed by atoms with Gasteiger partial charge >= 0.3 is 7.12 Å². The van der Waals surface area contributed by atoms with Crippen LogP contribution in [0.25, 0.3) is 33.1 Å². The number of aromatic nitrogens is 2. The van der Waals surface area contributed by atoms with Crippen LogP contribution >= 0.6 is 11.6 Å². The van der Waals surface area contributed by atoms with Gasteiger partial charge in [-0.1, -0.05) is 94.5 Å². The second-order valence-corrected chi connectivity index (χ2v) is 10.3. The van der Waals surface area contributed by atoms with E-state index in [0.29, 0.717) is 10.6 Å². The Labute approximate surface area is 241 Å². The first-order valence-corrected chi connectivity index (χ1v) is 13.5. The molecule has 2 heterocycles. The van der Waals surface area contributed by atoms with Crippen LogP contribution in [0.5, 0.6) is 0 Å². The highest BCUT2D eigenvalue weighted by molar-refractivity contribution is 6.58. The predicted molar refractivity (Wildman–Crippen MR) is 169 cm³/mol. The summed E-state index contributed by atoms with van der Waals surface area (Å²) in [7, 11) is -1.35. The van der Waals surface area contributed by atoms with Gasteiger partial charge in [-0.05, 0) is 81.7 Å². The molecule has 0 atom stereocenters. The molecule has 0 saturated carbocycles. The van der Waals surface area contributed by atoms with Crippen LogP contribution in [0, 0.1) is 27.7 Å². The Kier molecular flexibility index (Phi) is 9.67. The van der Waals surface area contributed by atoms with Gasteiger partial charge in [0.15, 0.2) is 0 Å². The van der Waals surface area contributed by atoms with Crippen molar-refractivity contribution >= 4 is 46.0 Å². The summed E-state index contributed by atoms with van der Waals surface area (Å²) >= 11 is 5.75. The van der Waals surface area contributed by atoms with Crippen LogP contribution < -0.4 is 5.46 Å². The lowest BCUT2D eigenvalue weighted by molar-refractivity contribution is 0.425. The van der Waals surface area contributed by atoms with Gasteiger partial charge in [0.2, 0.25) is 0 Å². The Morgan fingerprint density at radius 2 is 1.10 bits per heavy atom. The molecule has 0 amide bonds. The molecule has 6 heteroatoms. The fraction of sp³-hybridized carbons (Fsp3) is 0.118. The summed E-state index contributed by atoms with van der Waals surface area (Å²) in [5.74, 6) is 0. The van der Waals surface area contributed by atoms with Gasteiger partial charge in [0.1, 0.15) is 5.15 Å². The number of hydrogen-bond acceptors (Lipinski definition) is 4. The molecule has 200 valence electrons. The summed E-state index contributed by atoms with van der Waals surface area (Å²) in [5.41, 5.74) is 9.57. The molecule has 40 heavy (non-hydrogen) atoms. The molecule has 2 N–H and O–H groups in total. The first-order chi connectivity index (χ1) is 19.2. The van der Waals surface area contributed by atoms with Crippen LogP contribution in [0.15, 0.2) is 109 Å². The standard InChI is InChI=1S/C17H15N.C10H8ClN.C7H9BO2/c1-12-4-3-5-14(10-12)17-9-7-15-11-13(2)6-8-16(15)18-17;1-7-2-4-9-8(6-7)3-5-10(11)12-9;1-6-3-2-4-7(5-6)8(9)10/h3-11H,1-2H3;2-6H,1H3;2-5,9-10H,1H3. The molecule has 0 aliphatic carbocycles. The first kappa shape index (κ1) is 29.0. The van der Waals surface area contributed by atoms with Crippen molar-refractivity contribution in [3.8, 4) is 11.3 Å². The fourth-order valence-electron chi connectivity index (χ4n) is 4.26. The first-order valence-electron chi connectivity index (χ1n) is 13.1. The highest BCUT2D eigenvalue weighted by Gasteiger charge is 2.09. The van der Waals surface area contributed by atoms with Crippen molar-refractivity contribution < 1.29 is 10.0 Å². The van der Waals surface area contributed by atoms with Crippen molar-refractivity contribution in [1.82, 2.24) is 9.97 Å². The van der Waals surface area contributed by atoms with Gasteiger partial charge in [-0.25, -0.2) is 9.97 Å². The minimum Gasteiger partial charge on any atom is -0.423 e. The number of hydrogen-bond donors (Lipinski definition) is 2. The molecule has 6 rings (SSSR count). The molecule has 2 aromatic heterocycles. The van der Waals surface area contributed by atoms with Crippen LogP contribution in [-0.4, -0.2) is 27.1 Å². The molecule has 0 saturated heterocycles. The van der Waals surface area contributed by atoms with Crippen molar-refractivity contribution in [2.24, 2.45) is 0 Å². The third kappa shape index (κ3) is 8.00. The SMILES string of the molecule is Cc1ccc2nc(Cl)ccc2c1.Cc1cccc(-c2ccc3cc(C)ccc3n2)c1.Cc1cccc(B(O)O)c1. The van der Waals surface area contributed by atoms with Gasteiger partial charge < -0.3 is 10.0 Å². The molecule has 0 bridgehead atoms. The lowest BCUT2D eigenvalue weighted by atomic mass is 9.80. The second kappa shape index (κ2) is 13.4. The molecule has 0 radical (unpaired) electrons. The van der Waals surface area contributed by atoms with Gasteiger partial charge in [0, 0.05) is 16.3 Å². The molecular weight excluding hydrogens is 515 g/mol. The third-order valence-corrected chi connectivity index (χ3v) is 6.52. The third-order valence-electron chi connectivity index (χ3n) is 6.31. The molecule has 0 aliphatic heterocycles. The summed E-state index contributed by atoms with van der Waals surface area (Å²) in [4.78, 5) is 8.91. The quantitative estimate of drug-likeness (QED) is 0.175. The summed E-state index contributed by atoms with van der Waals surface area (Å²) < 4.78 is 0. The van der Waals surface area contributed by atoms with Crippen molar-refractivity contribution in [2.75, 3.05) is 0 Å². The molecule has 0 unspecified atom stereocenters. The van der Waals surface area contributed by atoms with E-state index in [1.807, 2.05) is 37.3 Å². The maximum absolute atomic E-state index is 8.70. The average Bonchev–Trinajstić information content (AvgIpc) is 2.93. The van der Waals surface area contributed by atoms with Gasteiger partial charge in [-0.3, -0.25) is 0 Å². The van der Waals surface area contributed by atoms with Crippen LogP contribution in [0.2, 0.25) is 5.15 Å². The van der Waals surface area contributed by atoms with E-state index >= 15 is 0 Å². The Hall–Kier alpha value is -4.03. The molecule has 0 aliphatic rings. The lowest BCUT2D eigenvalue weighted by Gasteiger charge is -2.05. The topological polar surface area (TPSA) is 66.2 Å². The zero-order valence-corrected chi connectivity index (χ0v) is 23.9. The van der Waals surface area contributed by atoms with Gasteiger partial charge in [0.25, 0.3) is 0 Å². The van der Waals surface area contributed by atoms with E-state index in [2.05, 4.69) is 86.4 Å². The minimum absolute atomic E-state index is 0.542. The maximum Gasteiger partial charge on any atom is 0.488 e. The van der Waals surface area contributed by atoms with E-state index in [-0.39, 0.29) is 0 Å². The van der Waals surface area contributed by atoms with Crippen molar-refractivity contribution in [1.29, 1.82) is 0 Å². The molecule has 4 aromatic carbocycles. The monoisotopic (exact) mass is 546 g/mol. The summed E-state index contributed by atoms with van der Waals surface area (Å²) in [6.45, 7) is 8.18. The smallest absolute Gasteiger partial charge is 0.423 e. The second-order valence-electron chi connectivity index (χ2n) is 9.88. The van der Waals surface area contributed by atoms with E-state index in [1.165, 1.54) is 27.6 Å². The summed E-state index contributed by atoms with van der Waals surface area (Å²) in [5, 5.41) is 20.3. The Bertz CT molecular complexity index is 1710. The van der Waals surface area contributed by atoms with E-state index < -0.39 is 7.12 Å². The van der Waals surface area contributed by atoms with Gasteiger partial charge in [-0.2, -0.15) is 0 Å². The van der Waals surface area contributed by atoms with Gasteiger partial charge in [-0.15, -0.1) is 0 Å². The molecule has 4 nitrogen and oxygen atoms in total. The van der Waals surface area contributed by atoms with Crippen molar-refractivity contribution in [3.05, 3.63) is 137 Å².